The van der Waals surface area contributed by atoms with E-state index in [9.17, 15) is 4.79 Å². The Morgan fingerprint density at radius 2 is 1.83 bits per heavy atom. The van der Waals surface area contributed by atoms with Crippen molar-refractivity contribution in [1.29, 1.82) is 0 Å². The summed E-state index contributed by atoms with van der Waals surface area (Å²) in [6.07, 6.45) is 2.41. The molecule has 1 saturated carbocycles. The van der Waals surface area contributed by atoms with Crippen molar-refractivity contribution in [3.05, 3.63) is 0 Å². The standard InChI is InChI=1S/C8H8OS3/c9-7-5-3-1-2-4(11-7)6(5)8(10)12-3/h3-6H,1-2H2. The molecule has 0 radical (unpaired) electrons. The molecule has 2 heterocycles. The van der Waals surface area contributed by atoms with E-state index in [0.29, 0.717) is 27.5 Å². The zero-order chi connectivity index (χ0) is 8.29. The molecule has 3 fully saturated rings. The van der Waals surface area contributed by atoms with E-state index in [1.165, 1.54) is 12.8 Å². The second-order valence-electron chi connectivity index (χ2n) is 3.58. The first-order valence-corrected chi connectivity index (χ1v) is 6.35. The lowest BCUT2D eigenvalue weighted by Crippen LogP contribution is -2.29. The Bertz CT molecular complexity index is 247. The van der Waals surface area contributed by atoms with E-state index in [2.05, 4.69) is 0 Å². The molecule has 4 heteroatoms. The first kappa shape index (κ1) is 7.83. The van der Waals surface area contributed by atoms with E-state index in [1.807, 2.05) is 0 Å². The molecule has 0 aromatic rings. The molecule has 3 aliphatic rings. The predicted molar refractivity (Wildman–Crippen MR) is 56.6 cm³/mol. The molecule has 2 aliphatic heterocycles. The first-order valence-electron chi connectivity index (χ1n) is 4.18. The highest BCUT2D eigenvalue weighted by molar-refractivity contribution is 8.24. The van der Waals surface area contributed by atoms with Crippen molar-refractivity contribution >= 4 is 45.1 Å². The molecule has 4 unspecified atom stereocenters. The van der Waals surface area contributed by atoms with Gasteiger partial charge in [-0.15, -0.1) is 11.8 Å². The van der Waals surface area contributed by atoms with Crippen LogP contribution in [0.3, 0.4) is 0 Å². The molecule has 4 atom stereocenters. The van der Waals surface area contributed by atoms with Gasteiger partial charge < -0.3 is 0 Å². The molecule has 0 aromatic carbocycles. The molecule has 4 bridgehead atoms. The molecule has 1 nitrogen and oxygen atoms in total. The Kier molecular flexibility index (Phi) is 1.62. The number of thioether (sulfide) groups is 2. The zero-order valence-electron chi connectivity index (χ0n) is 6.36. The van der Waals surface area contributed by atoms with E-state index >= 15 is 0 Å². The third-order valence-corrected chi connectivity index (χ3v) is 6.24. The Labute approximate surface area is 85.0 Å². The molecule has 64 valence electrons. The molecular formula is C8H8OS3. The van der Waals surface area contributed by atoms with Crippen molar-refractivity contribution in [2.75, 3.05) is 0 Å². The highest BCUT2D eigenvalue weighted by Gasteiger charge is 2.57. The van der Waals surface area contributed by atoms with Gasteiger partial charge in [0, 0.05) is 22.3 Å². The average molecular weight is 216 g/mol. The van der Waals surface area contributed by atoms with Crippen LogP contribution in [0.1, 0.15) is 12.8 Å². The van der Waals surface area contributed by atoms with Crippen LogP contribution in [0.15, 0.2) is 0 Å². The van der Waals surface area contributed by atoms with Gasteiger partial charge in [-0.3, -0.25) is 4.79 Å². The average Bonchev–Trinajstić information content (AvgIpc) is 2.42. The van der Waals surface area contributed by atoms with Crippen LogP contribution in [-0.2, 0) is 4.79 Å². The lowest BCUT2D eigenvalue weighted by atomic mass is 9.81. The van der Waals surface area contributed by atoms with Crippen LogP contribution < -0.4 is 0 Å². The maximum absolute atomic E-state index is 11.6. The van der Waals surface area contributed by atoms with Gasteiger partial charge in [0.15, 0.2) is 5.12 Å². The fourth-order valence-corrected chi connectivity index (χ4v) is 6.34. The Morgan fingerprint density at radius 3 is 2.50 bits per heavy atom. The number of carbonyl (C=O) groups excluding carboxylic acids is 1. The summed E-state index contributed by atoms with van der Waals surface area (Å²) in [5.74, 6) is 0.757. The number of hydrogen-bond acceptors (Lipinski definition) is 4. The minimum atomic E-state index is 0.297. The van der Waals surface area contributed by atoms with Crippen LogP contribution in [0.2, 0.25) is 0 Å². The van der Waals surface area contributed by atoms with Crippen LogP contribution in [0, 0.1) is 11.8 Å². The van der Waals surface area contributed by atoms with Crippen molar-refractivity contribution in [2.45, 2.75) is 23.3 Å². The van der Waals surface area contributed by atoms with Crippen molar-refractivity contribution in [3.8, 4) is 0 Å². The molecule has 0 spiro atoms. The van der Waals surface area contributed by atoms with Gasteiger partial charge in [0.1, 0.15) is 0 Å². The largest absolute Gasteiger partial charge is 0.287 e. The van der Waals surface area contributed by atoms with E-state index in [1.54, 1.807) is 23.5 Å². The summed E-state index contributed by atoms with van der Waals surface area (Å²) >= 11 is 8.66. The van der Waals surface area contributed by atoms with Gasteiger partial charge in [-0.1, -0.05) is 24.0 Å². The van der Waals surface area contributed by atoms with E-state index < -0.39 is 0 Å². The highest BCUT2D eigenvalue weighted by atomic mass is 32.2. The highest BCUT2D eigenvalue weighted by Crippen LogP contribution is 2.58. The summed E-state index contributed by atoms with van der Waals surface area (Å²) in [6.45, 7) is 0. The van der Waals surface area contributed by atoms with Gasteiger partial charge in [-0.2, -0.15) is 0 Å². The van der Waals surface area contributed by atoms with Crippen LogP contribution >= 0.6 is 35.7 Å². The van der Waals surface area contributed by atoms with Crippen LogP contribution in [0.5, 0.6) is 0 Å². The molecule has 2 saturated heterocycles. The Morgan fingerprint density at radius 1 is 1.17 bits per heavy atom. The zero-order valence-corrected chi connectivity index (χ0v) is 8.81. The topological polar surface area (TPSA) is 17.1 Å². The molecule has 0 aromatic heterocycles. The van der Waals surface area contributed by atoms with Crippen molar-refractivity contribution in [3.63, 3.8) is 0 Å². The van der Waals surface area contributed by atoms with E-state index in [0.717, 1.165) is 4.20 Å². The minimum absolute atomic E-state index is 0.297. The summed E-state index contributed by atoms with van der Waals surface area (Å²) in [4.78, 5) is 11.6. The number of carbonyl (C=O) groups is 1. The Balaban J connectivity index is 2.08. The fraction of sp³-hybridized carbons (Fsp3) is 0.750. The van der Waals surface area contributed by atoms with Gasteiger partial charge in [-0.25, -0.2) is 0 Å². The summed E-state index contributed by atoms with van der Waals surface area (Å²) < 4.78 is 1.12. The molecule has 3 rings (SSSR count). The minimum Gasteiger partial charge on any atom is -0.287 e. The van der Waals surface area contributed by atoms with Crippen LogP contribution in [0.25, 0.3) is 0 Å². The van der Waals surface area contributed by atoms with Gasteiger partial charge in [-0.05, 0) is 12.8 Å². The van der Waals surface area contributed by atoms with Gasteiger partial charge in [0.05, 0.1) is 4.20 Å². The second kappa shape index (κ2) is 2.49. The molecule has 12 heavy (non-hydrogen) atoms. The Hall–Kier alpha value is 0.460. The van der Waals surface area contributed by atoms with E-state index in [4.69, 9.17) is 12.2 Å². The second-order valence-corrected chi connectivity index (χ2v) is 6.80. The van der Waals surface area contributed by atoms with Crippen LogP contribution in [-0.4, -0.2) is 19.8 Å². The molecule has 1 aliphatic carbocycles. The summed E-state index contributed by atoms with van der Waals surface area (Å²) in [5.41, 5.74) is 0. The maximum atomic E-state index is 11.6. The third-order valence-electron chi connectivity index (χ3n) is 3.00. The lowest BCUT2D eigenvalue weighted by molar-refractivity contribution is -0.114. The maximum Gasteiger partial charge on any atom is 0.194 e. The van der Waals surface area contributed by atoms with E-state index in [-0.39, 0.29) is 0 Å². The van der Waals surface area contributed by atoms with Crippen molar-refractivity contribution in [2.24, 2.45) is 11.8 Å². The normalized spacial score (nSPS) is 50.3. The summed E-state index contributed by atoms with van der Waals surface area (Å²) in [6, 6.07) is 0. The smallest absolute Gasteiger partial charge is 0.194 e. The van der Waals surface area contributed by atoms with Crippen molar-refractivity contribution < 1.29 is 4.79 Å². The fourth-order valence-electron chi connectivity index (χ4n) is 2.47. The van der Waals surface area contributed by atoms with Gasteiger partial charge in [0.2, 0.25) is 0 Å². The SMILES string of the molecule is O=C1SC2CCC3SC(=S)C2C13. The summed E-state index contributed by atoms with van der Waals surface area (Å²) in [7, 11) is 0. The number of rotatable bonds is 0. The number of thiocarbonyl (C=S) groups is 1. The van der Waals surface area contributed by atoms with Crippen molar-refractivity contribution in [1.82, 2.24) is 0 Å². The summed E-state index contributed by atoms with van der Waals surface area (Å²) in [5, 5.41) is 1.50. The third kappa shape index (κ3) is 0.836. The van der Waals surface area contributed by atoms with Gasteiger partial charge >= 0.3 is 0 Å². The molecular weight excluding hydrogens is 208 g/mol. The first-order chi connectivity index (χ1) is 5.77. The molecule has 0 N–H and O–H groups in total. The number of hydrogen-bond donors (Lipinski definition) is 0. The quantitative estimate of drug-likeness (QED) is 0.576. The lowest BCUT2D eigenvalue weighted by Gasteiger charge is -2.22. The molecule has 0 amide bonds. The predicted octanol–water partition coefficient (Wildman–Crippen LogP) is 2.10. The monoisotopic (exact) mass is 216 g/mol. The van der Waals surface area contributed by atoms with Crippen LogP contribution in [0.4, 0.5) is 0 Å². The van der Waals surface area contributed by atoms with Gasteiger partial charge in [0.25, 0.3) is 0 Å².